The molecule has 0 radical (unpaired) electrons. The number of carbonyl (C=O) groups excluding carboxylic acids is 1. The zero-order valence-electron chi connectivity index (χ0n) is 17.9. The zero-order valence-corrected chi connectivity index (χ0v) is 18.7. The van der Waals surface area contributed by atoms with Gasteiger partial charge in [0.15, 0.2) is 0 Å². The van der Waals surface area contributed by atoms with Gasteiger partial charge in [0.2, 0.25) is 5.91 Å². The van der Waals surface area contributed by atoms with Crippen LogP contribution in [0.5, 0.6) is 0 Å². The highest BCUT2D eigenvalue weighted by atomic mass is 32.1. The number of morpholine rings is 1. The van der Waals surface area contributed by atoms with E-state index in [1.165, 1.54) is 16.9 Å². The number of nitriles is 1. The molecule has 1 aliphatic carbocycles. The number of benzene rings is 1. The summed E-state index contributed by atoms with van der Waals surface area (Å²) in [5.74, 6) is -0.0409. The summed E-state index contributed by atoms with van der Waals surface area (Å²) >= 11 is 1.58. The summed E-state index contributed by atoms with van der Waals surface area (Å²) < 4.78 is 5.47. The van der Waals surface area contributed by atoms with Gasteiger partial charge in [0, 0.05) is 43.5 Å². The van der Waals surface area contributed by atoms with Gasteiger partial charge in [0.25, 0.3) is 0 Å². The van der Waals surface area contributed by atoms with E-state index in [9.17, 15) is 10.1 Å². The van der Waals surface area contributed by atoms with Gasteiger partial charge in [0.1, 0.15) is 11.1 Å². The number of amides is 1. The minimum atomic E-state index is -0.0409. The summed E-state index contributed by atoms with van der Waals surface area (Å²) in [6, 6.07) is 12.9. The molecule has 1 atom stereocenters. The summed E-state index contributed by atoms with van der Waals surface area (Å²) in [6.45, 7) is 4.90. The second-order valence-electron chi connectivity index (χ2n) is 8.16. The summed E-state index contributed by atoms with van der Waals surface area (Å²) in [7, 11) is 0. The molecule has 6 nitrogen and oxygen atoms in total. The molecule has 0 spiro atoms. The molecule has 1 aromatic carbocycles. The van der Waals surface area contributed by atoms with Crippen LogP contribution in [0.15, 0.2) is 30.3 Å². The number of aryl methyl sites for hydroxylation is 1. The van der Waals surface area contributed by atoms with Crippen molar-refractivity contribution in [2.24, 2.45) is 0 Å². The first-order chi connectivity index (χ1) is 15.2. The molecule has 1 fully saturated rings. The van der Waals surface area contributed by atoms with Crippen LogP contribution in [0.25, 0.3) is 0 Å². The van der Waals surface area contributed by atoms with Crippen molar-refractivity contribution in [3.05, 3.63) is 51.9 Å². The highest BCUT2D eigenvalue weighted by Crippen LogP contribution is 2.37. The van der Waals surface area contributed by atoms with Crippen molar-refractivity contribution < 1.29 is 9.53 Å². The summed E-state index contributed by atoms with van der Waals surface area (Å²) in [5, 5.41) is 16.9. The average molecular weight is 439 g/mol. The Morgan fingerprint density at radius 2 is 1.97 bits per heavy atom. The molecule has 2 aromatic rings. The van der Waals surface area contributed by atoms with Gasteiger partial charge in [-0.2, -0.15) is 5.26 Å². The van der Waals surface area contributed by atoms with Gasteiger partial charge in [-0.25, -0.2) is 0 Å². The number of thiophene rings is 1. The van der Waals surface area contributed by atoms with Crippen LogP contribution in [-0.2, 0) is 22.4 Å². The number of nitrogens with zero attached hydrogens (tertiary/aromatic N) is 2. The largest absolute Gasteiger partial charge is 0.379 e. The van der Waals surface area contributed by atoms with Crippen LogP contribution in [0.1, 0.15) is 46.9 Å². The quantitative estimate of drug-likeness (QED) is 0.660. The fourth-order valence-corrected chi connectivity index (χ4v) is 5.59. The van der Waals surface area contributed by atoms with Crippen molar-refractivity contribution in [1.82, 2.24) is 10.2 Å². The molecule has 1 amide bonds. The van der Waals surface area contributed by atoms with E-state index in [1.807, 2.05) is 6.07 Å². The molecule has 2 heterocycles. The Bertz CT molecular complexity index is 916. The molecule has 1 saturated heterocycles. The van der Waals surface area contributed by atoms with Gasteiger partial charge in [-0.1, -0.05) is 30.3 Å². The van der Waals surface area contributed by atoms with E-state index in [-0.39, 0.29) is 11.9 Å². The number of hydrogen-bond acceptors (Lipinski definition) is 6. The van der Waals surface area contributed by atoms with E-state index in [0.29, 0.717) is 18.5 Å². The Hall–Kier alpha value is -2.24. The molecule has 4 rings (SSSR count). The Kier molecular flexibility index (Phi) is 7.71. The lowest BCUT2D eigenvalue weighted by Gasteiger charge is -2.31. The van der Waals surface area contributed by atoms with Crippen LogP contribution in [-0.4, -0.2) is 50.2 Å². The molecule has 0 bridgehead atoms. The minimum absolute atomic E-state index is 0.0409. The van der Waals surface area contributed by atoms with Gasteiger partial charge in [0.05, 0.1) is 18.8 Å². The first kappa shape index (κ1) is 22.0. The lowest BCUT2D eigenvalue weighted by molar-refractivity contribution is -0.116. The van der Waals surface area contributed by atoms with Crippen molar-refractivity contribution in [2.45, 2.75) is 38.1 Å². The second-order valence-corrected chi connectivity index (χ2v) is 9.26. The first-order valence-corrected chi connectivity index (χ1v) is 12.0. The topological polar surface area (TPSA) is 77.4 Å². The maximum absolute atomic E-state index is 12.6. The molecule has 31 heavy (non-hydrogen) atoms. The molecule has 1 aromatic heterocycles. The summed E-state index contributed by atoms with van der Waals surface area (Å²) in [5.41, 5.74) is 3.06. The van der Waals surface area contributed by atoms with Crippen LogP contribution in [0.4, 0.5) is 5.00 Å². The maximum Gasteiger partial charge on any atom is 0.226 e. The Labute approximate surface area is 188 Å². The predicted octanol–water partition coefficient (Wildman–Crippen LogP) is 3.49. The van der Waals surface area contributed by atoms with Crippen LogP contribution >= 0.6 is 11.3 Å². The SMILES string of the molecule is N#Cc1c(NC(=O)CCNC(CN2CCOCC2)c2ccccc2)sc2c1CCCC2. The van der Waals surface area contributed by atoms with Gasteiger partial charge in [-0.15, -0.1) is 11.3 Å². The minimum Gasteiger partial charge on any atom is -0.379 e. The van der Waals surface area contributed by atoms with Crippen LogP contribution in [0, 0.1) is 11.3 Å². The molecule has 1 unspecified atom stereocenters. The average Bonchev–Trinajstić information content (AvgIpc) is 3.16. The molecule has 1 aliphatic heterocycles. The smallest absolute Gasteiger partial charge is 0.226 e. The Balaban J connectivity index is 1.33. The standard InChI is InChI=1S/C24H30N4O2S/c25-16-20-19-8-4-5-9-22(19)31-24(20)27-23(29)10-11-26-21(18-6-2-1-3-7-18)17-28-12-14-30-15-13-28/h1-3,6-7,21,26H,4-5,8-15,17H2,(H,27,29). The number of nitrogens with one attached hydrogen (secondary N) is 2. The molecule has 7 heteroatoms. The van der Waals surface area contributed by atoms with Crippen LogP contribution < -0.4 is 10.6 Å². The van der Waals surface area contributed by atoms with Crippen molar-refractivity contribution in [1.29, 1.82) is 5.26 Å². The van der Waals surface area contributed by atoms with Crippen molar-refractivity contribution >= 4 is 22.2 Å². The van der Waals surface area contributed by atoms with Crippen molar-refractivity contribution in [3.63, 3.8) is 0 Å². The van der Waals surface area contributed by atoms with Gasteiger partial charge >= 0.3 is 0 Å². The molecule has 2 N–H and O–H groups in total. The Morgan fingerprint density at radius 1 is 1.19 bits per heavy atom. The fraction of sp³-hybridized carbons (Fsp3) is 0.500. The number of carbonyl (C=O) groups is 1. The van der Waals surface area contributed by atoms with E-state index in [0.717, 1.165) is 62.7 Å². The van der Waals surface area contributed by atoms with E-state index >= 15 is 0 Å². The molecule has 2 aliphatic rings. The number of anilines is 1. The highest BCUT2D eigenvalue weighted by Gasteiger charge is 2.22. The van der Waals surface area contributed by atoms with E-state index in [4.69, 9.17) is 4.74 Å². The normalized spacial score (nSPS) is 17.5. The maximum atomic E-state index is 12.6. The lowest BCUT2D eigenvalue weighted by Crippen LogP contribution is -2.42. The van der Waals surface area contributed by atoms with Gasteiger partial charge < -0.3 is 15.4 Å². The fourth-order valence-electron chi connectivity index (χ4n) is 4.34. The van der Waals surface area contributed by atoms with Crippen molar-refractivity contribution in [3.8, 4) is 6.07 Å². The molecule has 0 saturated carbocycles. The number of ether oxygens (including phenoxy) is 1. The molecular formula is C24H30N4O2S. The van der Waals surface area contributed by atoms with E-state index in [2.05, 4.69) is 45.9 Å². The van der Waals surface area contributed by atoms with Gasteiger partial charge in [-0.05, 0) is 36.8 Å². The van der Waals surface area contributed by atoms with Gasteiger partial charge in [-0.3, -0.25) is 9.69 Å². The zero-order chi connectivity index (χ0) is 21.5. The summed E-state index contributed by atoms with van der Waals surface area (Å²) in [6.07, 6.45) is 4.64. The highest BCUT2D eigenvalue weighted by molar-refractivity contribution is 7.16. The third kappa shape index (κ3) is 5.72. The third-order valence-electron chi connectivity index (χ3n) is 6.03. The van der Waals surface area contributed by atoms with Crippen molar-refractivity contribution in [2.75, 3.05) is 44.7 Å². The monoisotopic (exact) mass is 438 g/mol. The second kappa shape index (κ2) is 10.9. The Morgan fingerprint density at radius 3 is 2.74 bits per heavy atom. The first-order valence-electron chi connectivity index (χ1n) is 11.2. The van der Waals surface area contributed by atoms with E-state index in [1.54, 1.807) is 11.3 Å². The third-order valence-corrected chi connectivity index (χ3v) is 7.23. The van der Waals surface area contributed by atoms with E-state index < -0.39 is 0 Å². The predicted molar refractivity (Wildman–Crippen MR) is 123 cm³/mol. The summed E-state index contributed by atoms with van der Waals surface area (Å²) in [4.78, 5) is 16.3. The lowest BCUT2D eigenvalue weighted by atomic mass is 9.96. The number of fused-ring (bicyclic) bond motifs is 1. The van der Waals surface area contributed by atoms with Crippen LogP contribution in [0.2, 0.25) is 0 Å². The van der Waals surface area contributed by atoms with Crippen LogP contribution in [0.3, 0.4) is 0 Å². The molecule has 164 valence electrons. The number of rotatable bonds is 8. The number of hydrogen-bond donors (Lipinski definition) is 2. The molecular weight excluding hydrogens is 408 g/mol.